The molecule has 0 aliphatic rings. The first-order valence-electron chi connectivity index (χ1n) is 4.39. The second-order valence-electron chi connectivity index (χ2n) is 3.20. The van der Waals surface area contributed by atoms with Gasteiger partial charge in [0.05, 0.1) is 22.3 Å². The van der Waals surface area contributed by atoms with E-state index in [1.807, 2.05) is 29.8 Å². The summed E-state index contributed by atoms with van der Waals surface area (Å²) in [7, 11) is 1.90. The first kappa shape index (κ1) is 9.39. The van der Waals surface area contributed by atoms with Crippen LogP contribution in [0.15, 0.2) is 30.7 Å². The summed E-state index contributed by atoms with van der Waals surface area (Å²) in [6, 6.07) is 5.53. The minimum atomic E-state index is -0.484. The van der Waals surface area contributed by atoms with Crippen molar-refractivity contribution in [1.82, 2.24) is 9.55 Å². The molecule has 0 fully saturated rings. The van der Waals surface area contributed by atoms with Gasteiger partial charge in [0.1, 0.15) is 0 Å². The van der Waals surface area contributed by atoms with Crippen molar-refractivity contribution in [3.05, 3.63) is 46.4 Å². The van der Waals surface area contributed by atoms with Crippen molar-refractivity contribution in [1.29, 1.82) is 0 Å². The summed E-state index contributed by atoms with van der Waals surface area (Å²) < 4.78 is 1.90. The molecule has 0 N–H and O–H groups in total. The minimum Gasteiger partial charge on any atom is -0.334 e. The van der Waals surface area contributed by atoms with Crippen LogP contribution >= 0.6 is 0 Å². The van der Waals surface area contributed by atoms with Crippen molar-refractivity contribution in [2.24, 2.45) is 7.05 Å². The van der Waals surface area contributed by atoms with Gasteiger partial charge in [0.25, 0.3) is 0 Å². The Morgan fingerprint density at radius 3 is 3.07 bits per heavy atom. The van der Waals surface area contributed by atoms with Crippen molar-refractivity contribution in [3.8, 4) is 0 Å². The summed E-state index contributed by atoms with van der Waals surface area (Å²) in [5.74, 6) is 0. The maximum absolute atomic E-state index is 10.1. The van der Waals surface area contributed by atoms with Gasteiger partial charge in [-0.1, -0.05) is 6.07 Å². The largest absolute Gasteiger partial charge is 0.334 e. The molecule has 0 amide bonds. The Labute approximate surface area is 85.8 Å². The third-order valence-corrected chi connectivity index (χ3v) is 2.14. The van der Waals surface area contributed by atoms with Crippen LogP contribution in [0.1, 0.15) is 5.56 Å². The van der Waals surface area contributed by atoms with E-state index < -0.39 is 4.92 Å². The van der Waals surface area contributed by atoms with Gasteiger partial charge in [-0.15, -0.1) is 0 Å². The molecule has 1 heterocycles. The van der Waals surface area contributed by atoms with Gasteiger partial charge >= 0.3 is 0 Å². The highest BCUT2D eigenvalue weighted by atomic mass is 16.6. The number of nitrogens with zero attached hydrogens (tertiary/aromatic N) is 3. The molecule has 76 valence electrons. The van der Waals surface area contributed by atoms with Gasteiger partial charge in [-0.2, -0.15) is 0 Å². The van der Waals surface area contributed by atoms with Crippen LogP contribution in [0.3, 0.4) is 0 Å². The zero-order chi connectivity index (χ0) is 10.8. The van der Waals surface area contributed by atoms with E-state index in [0.29, 0.717) is 0 Å². The van der Waals surface area contributed by atoms with E-state index in [2.05, 4.69) is 4.98 Å². The number of aryl methyl sites for hydroxylation is 1. The highest BCUT2D eigenvalue weighted by Gasteiger charge is 1.99. The summed E-state index contributed by atoms with van der Waals surface area (Å²) in [4.78, 5) is 13.8. The van der Waals surface area contributed by atoms with Crippen molar-refractivity contribution < 1.29 is 4.92 Å². The number of benzene rings is 1. The molecule has 1 aromatic heterocycles. The summed E-state index contributed by atoms with van der Waals surface area (Å²) in [6.07, 6.45) is 4.09. The van der Waals surface area contributed by atoms with Crippen LogP contribution in [0.2, 0.25) is 0 Å². The van der Waals surface area contributed by atoms with E-state index in [4.69, 9.17) is 0 Å². The lowest BCUT2D eigenvalue weighted by Crippen LogP contribution is -1.84. The quantitative estimate of drug-likeness (QED) is 0.552. The Morgan fingerprint density at radius 2 is 2.33 bits per heavy atom. The molecule has 0 aliphatic heterocycles. The standard InChI is InChI=1S/C10H9N3O2/c1-12-7-11-9-6-8(2-3-10(9)12)4-5-13(14)15/h2-7H,1H3/b5-4+. The van der Waals surface area contributed by atoms with E-state index in [1.165, 1.54) is 6.08 Å². The molecule has 0 aliphatic carbocycles. The van der Waals surface area contributed by atoms with Crippen LogP contribution in [0.4, 0.5) is 0 Å². The van der Waals surface area contributed by atoms with Crippen LogP contribution in [0, 0.1) is 10.1 Å². The van der Waals surface area contributed by atoms with Crippen molar-refractivity contribution in [2.75, 3.05) is 0 Å². The summed E-state index contributed by atoms with van der Waals surface area (Å²) in [5.41, 5.74) is 2.62. The second-order valence-corrected chi connectivity index (χ2v) is 3.20. The number of hydrogen-bond donors (Lipinski definition) is 0. The second kappa shape index (κ2) is 3.53. The smallest absolute Gasteiger partial charge is 0.235 e. The SMILES string of the molecule is Cn1cnc2cc(/C=C/[N+](=O)[O-])ccc21. The van der Waals surface area contributed by atoms with Crippen molar-refractivity contribution >= 4 is 17.1 Å². The normalized spacial score (nSPS) is 11.3. The Bertz CT molecular complexity index is 543. The summed E-state index contributed by atoms with van der Waals surface area (Å²) >= 11 is 0. The van der Waals surface area contributed by atoms with Crippen LogP contribution in [-0.2, 0) is 7.05 Å². The molecule has 0 atom stereocenters. The van der Waals surface area contributed by atoms with E-state index in [1.54, 1.807) is 6.33 Å². The first-order valence-corrected chi connectivity index (χ1v) is 4.39. The van der Waals surface area contributed by atoms with E-state index in [0.717, 1.165) is 22.8 Å². The number of fused-ring (bicyclic) bond motifs is 1. The minimum absolute atomic E-state index is 0.484. The lowest BCUT2D eigenvalue weighted by molar-refractivity contribution is -0.400. The van der Waals surface area contributed by atoms with Gasteiger partial charge < -0.3 is 4.57 Å². The summed E-state index contributed by atoms with van der Waals surface area (Å²) in [5, 5.41) is 10.1. The third kappa shape index (κ3) is 1.85. The van der Waals surface area contributed by atoms with Gasteiger partial charge in [-0.3, -0.25) is 10.1 Å². The molecule has 0 radical (unpaired) electrons. The molecule has 15 heavy (non-hydrogen) atoms. The molecule has 0 spiro atoms. The molecular formula is C10H9N3O2. The van der Waals surface area contributed by atoms with E-state index in [9.17, 15) is 10.1 Å². The van der Waals surface area contributed by atoms with Gasteiger partial charge in [0.2, 0.25) is 6.20 Å². The van der Waals surface area contributed by atoms with Crippen LogP contribution in [0.25, 0.3) is 17.1 Å². The van der Waals surface area contributed by atoms with E-state index in [-0.39, 0.29) is 0 Å². The molecule has 2 rings (SSSR count). The Morgan fingerprint density at radius 1 is 1.53 bits per heavy atom. The van der Waals surface area contributed by atoms with Gasteiger partial charge in [-0.25, -0.2) is 4.98 Å². The van der Waals surface area contributed by atoms with Crippen LogP contribution in [-0.4, -0.2) is 14.5 Å². The molecule has 2 aromatic rings. The molecule has 0 bridgehead atoms. The Kier molecular flexibility index (Phi) is 2.21. The fourth-order valence-corrected chi connectivity index (χ4v) is 1.40. The highest BCUT2D eigenvalue weighted by molar-refractivity contribution is 5.78. The van der Waals surface area contributed by atoms with Gasteiger partial charge in [0.15, 0.2) is 0 Å². The average Bonchev–Trinajstić information content (AvgIpc) is 2.57. The molecule has 5 nitrogen and oxygen atoms in total. The Balaban J connectivity index is 2.43. The molecular weight excluding hydrogens is 194 g/mol. The maximum atomic E-state index is 10.1. The zero-order valence-electron chi connectivity index (χ0n) is 8.12. The average molecular weight is 203 g/mol. The highest BCUT2D eigenvalue weighted by Crippen LogP contribution is 2.14. The summed E-state index contributed by atoms with van der Waals surface area (Å²) in [6.45, 7) is 0. The van der Waals surface area contributed by atoms with Crippen molar-refractivity contribution in [3.63, 3.8) is 0 Å². The topological polar surface area (TPSA) is 61.0 Å². The number of aromatic nitrogens is 2. The lowest BCUT2D eigenvalue weighted by atomic mass is 10.2. The molecule has 0 unspecified atom stereocenters. The monoisotopic (exact) mass is 203 g/mol. The van der Waals surface area contributed by atoms with E-state index >= 15 is 0 Å². The molecule has 0 saturated heterocycles. The maximum Gasteiger partial charge on any atom is 0.235 e. The number of hydrogen-bond acceptors (Lipinski definition) is 3. The number of imidazole rings is 1. The predicted octanol–water partition coefficient (Wildman–Crippen LogP) is 1.82. The van der Waals surface area contributed by atoms with Crippen LogP contribution < -0.4 is 0 Å². The van der Waals surface area contributed by atoms with Crippen LogP contribution in [0.5, 0.6) is 0 Å². The fraction of sp³-hybridized carbons (Fsp3) is 0.100. The van der Waals surface area contributed by atoms with Gasteiger partial charge in [0, 0.05) is 13.1 Å². The molecule has 0 saturated carbocycles. The Hall–Kier alpha value is -2.17. The third-order valence-electron chi connectivity index (χ3n) is 2.14. The van der Waals surface area contributed by atoms with Gasteiger partial charge in [-0.05, 0) is 17.7 Å². The fourth-order valence-electron chi connectivity index (χ4n) is 1.40. The number of rotatable bonds is 2. The van der Waals surface area contributed by atoms with Crippen molar-refractivity contribution in [2.45, 2.75) is 0 Å². The lowest BCUT2D eigenvalue weighted by Gasteiger charge is -1.94. The molecule has 5 heteroatoms. The number of nitro groups is 1. The first-order chi connectivity index (χ1) is 7.16. The predicted molar refractivity (Wildman–Crippen MR) is 56.7 cm³/mol. The molecule has 1 aromatic carbocycles. The zero-order valence-corrected chi connectivity index (χ0v) is 8.12.